The van der Waals surface area contributed by atoms with Gasteiger partial charge in [0, 0.05) is 18.1 Å². The molecule has 1 aromatic carbocycles. The number of nitrogens with two attached hydrogens (primary N) is 1. The summed E-state index contributed by atoms with van der Waals surface area (Å²) in [6, 6.07) is 5.16. The molecule has 5 heteroatoms. The molecular formula is C16H23NO4. The monoisotopic (exact) mass is 293 g/mol. The Balaban J connectivity index is 2.40. The van der Waals surface area contributed by atoms with Gasteiger partial charge in [-0.2, -0.15) is 0 Å². The van der Waals surface area contributed by atoms with Crippen LogP contribution in [0.4, 0.5) is 0 Å². The van der Waals surface area contributed by atoms with Gasteiger partial charge in [-0.15, -0.1) is 0 Å². The van der Waals surface area contributed by atoms with Gasteiger partial charge in [-0.25, -0.2) is 4.79 Å². The topological polar surface area (TPSA) is 81.8 Å². The average molecular weight is 293 g/mol. The molecule has 5 nitrogen and oxygen atoms in total. The average Bonchev–Trinajstić information content (AvgIpc) is 2.34. The Morgan fingerprint density at radius 2 is 2.14 bits per heavy atom. The van der Waals surface area contributed by atoms with Gasteiger partial charge in [-0.3, -0.25) is 0 Å². The fraction of sp³-hybridized carbons (Fsp3) is 0.562. The van der Waals surface area contributed by atoms with E-state index in [2.05, 4.69) is 13.8 Å². The van der Waals surface area contributed by atoms with Gasteiger partial charge in [0.15, 0.2) is 0 Å². The lowest BCUT2D eigenvalue weighted by atomic mass is 9.78. The molecule has 1 unspecified atom stereocenters. The third kappa shape index (κ3) is 3.13. The van der Waals surface area contributed by atoms with Crippen LogP contribution in [-0.4, -0.2) is 23.3 Å². The molecule has 0 saturated carbocycles. The van der Waals surface area contributed by atoms with Gasteiger partial charge in [-0.05, 0) is 31.9 Å². The van der Waals surface area contributed by atoms with E-state index in [1.807, 2.05) is 13.8 Å². The van der Waals surface area contributed by atoms with Crippen LogP contribution in [0.1, 0.15) is 39.7 Å². The van der Waals surface area contributed by atoms with Crippen LogP contribution >= 0.6 is 0 Å². The number of carboxylic acids is 1. The van der Waals surface area contributed by atoms with Crippen LogP contribution in [0.5, 0.6) is 11.5 Å². The molecule has 1 aliphatic rings. The summed E-state index contributed by atoms with van der Waals surface area (Å²) < 4.78 is 11.6. The standard InChI is InChI=1S/C16H23NO4/c1-10(2)8-20-11-5-6-12-13(7-11)21-15(3,4)9-16(12,17)14(18)19/h5-7,10H,8-9,17H2,1-4H3,(H,18,19). The first-order chi connectivity index (χ1) is 9.64. The summed E-state index contributed by atoms with van der Waals surface area (Å²) in [6.07, 6.45) is 0.217. The Kier molecular flexibility index (Phi) is 3.89. The maximum absolute atomic E-state index is 11.6. The summed E-state index contributed by atoms with van der Waals surface area (Å²) in [7, 11) is 0. The van der Waals surface area contributed by atoms with Crippen LogP contribution in [0.15, 0.2) is 18.2 Å². The number of hydrogen-bond acceptors (Lipinski definition) is 4. The van der Waals surface area contributed by atoms with E-state index in [1.165, 1.54) is 0 Å². The van der Waals surface area contributed by atoms with E-state index < -0.39 is 17.1 Å². The number of carbonyl (C=O) groups is 1. The Hall–Kier alpha value is -1.75. The maximum Gasteiger partial charge on any atom is 0.328 e. The van der Waals surface area contributed by atoms with Crippen LogP contribution in [0, 0.1) is 5.92 Å². The fourth-order valence-electron chi connectivity index (χ4n) is 2.60. The van der Waals surface area contributed by atoms with Crippen LogP contribution in [0.25, 0.3) is 0 Å². The Bertz CT molecular complexity index is 553. The molecule has 0 saturated heterocycles. The molecule has 1 aliphatic heterocycles. The van der Waals surface area contributed by atoms with Crippen molar-refractivity contribution in [3.63, 3.8) is 0 Å². The van der Waals surface area contributed by atoms with Crippen molar-refractivity contribution >= 4 is 5.97 Å². The highest BCUT2D eigenvalue weighted by atomic mass is 16.5. The van der Waals surface area contributed by atoms with Gasteiger partial charge in [0.25, 0.3) is 0 Å². The Morgan fingerprint density at radius 3 is 2.71 bits per heavy atom. The predicted molar refractivity (Wildman–Crippen MR) is 79.6 cm³/mol. The van der Waals surface area contributed by atoms with Crippen molar-refractivity contribution in [2.24, 2.45) is 11.7 Å². The zero-order valence-corrected chi connectivity index (χ0v) is 13.0. The normalized spacial score (nSPS) is 23.3. The van der Waals surface area contributed by atoms with Gasteiger partial charge in [0.1, 0.15) is 22.6 Å². The highest BCUT2D eigenvalue weighted by Crippen LogP contribution is 2.43. The number of ether oxygens (including phenoxy) is 2. The molecule has 3 N–H and O–H groups in total. The van der Waals surface area contributed by atoms with Gasteiger partial charge in [0.05, 0.1) is 6.61 Å². The van der Waals surface area contributed by atoms with Gasteiger partial charge >= 0.3 is 5.97 Å². The summed E-state index contributed by atoms with van der Waals surface area (Å²) in [6.45, 7) is 8.39. The molecule has 1 heterocycles. The predicted octanol–water partition coefficient (Wildman–Crippen LogP) is 2.52. The smallest absolute Gasteiger partial charge is 0.328 e. The van der Waals surface area contributed by atoms with E-state index in [0.29, 0.717) is 29.6 Å². The van der Waals surface area contributed by atoms with Crippen LogP contribution in [0.2, 0.25) is 0 Å². The quantitative estimate of drug-likeness (QED) is 0.891. The molecule has 0 aromatic heterocycles. The molecule has 0 amide bonds. The van der Waals surface area contributed by atoms with Crippen molar-refractivity contribution in [1.29, 1.82) is 0 Å². The second-order valence-electron chi connectivity index (χ2n) is 6.68. The molecule has 0 fully saturated rings. The number of fused-ring (bicyclic) bond motifs is 1. The largest absolute Gasteiger partial charge is 0.493 e. The zero-order valence-electron chi connectivity index (χ0n) is 13.0. The minimum Gasteiger partial charge on any atom is -0.493 e. The van der Waals surface area contributed by atoms with E-state index in [0.717, 1.165) is 0 Å². The van der Waals surface area contributed by atoms with Crippen molar-refractivity contribution < 1.29 is 19.4 Å². The molecule has 1 atom stereocenters. The van der Waals surface area contributed by atoms with Gasteiger partial charge in [-0.1, -0.05) is 13.8 Å². The molecule has 0 aliphatic carbocycles. The maximum atomic E-state index is 11.6. The van der Waals surface area contributed by atoms with Crippen molar-refractivity contribution in [2.75, 3.05) is 6.61 Å². The molecular weight excluding hydrogens is 270 g/mol. The minimum atomic E-state index is -1.44. The zero-order chi connectivity index (χ0) is 15.8. The summed E-state index contributed by atoms with van der Waals surface area (Å²) in [5, 5.41) is 9.51. The molecule has 0 bridgehead atoms. The summed E-state index contributed by atoms with van der Waals surface area (Å²) >= 11 is 0. The molecule has 2 rings (SSSR count). The molecule has 1 aromatic rings. The first-order valence-electron chi connectivity index (χ1n) is 7.13. The highest BCUT2D eigenvalue weighted by Gasteiger charge is 2.48. The Morgan fingerprint density at radius 1 is 1.48 bits per heavy atom. The SMILES string of the molecule is CC(C)COc1ccc2c(c1)OC(C)(C)CC2(N)C(=O)O. The van der Waals surface area contributed by atoms with Crippen molar-refractivity contribution in [3.05, 3.63) is 23.8 Å². The van der Waals surface area contributed by atoms with Crippen molar-refractivity contribution in [3.8, 4) is 11.5 Å². The van der Waals surface area contributed by atoms with E-state index in [-0.39, 0.29) is 6.42 Å². The summed E-state index contributed by atoms with van der Waals surface area (Å²) in [4.78, 5) is 11.6. The molecule has 21 heavy (non-hydrogen) atoms. The third-order valence-corrected chi connectivity index (χ3v) is 3.49. The van der Waals surface area contributed by atoms with E-state index in [4.69, 9.17) is 15.2 Å². The summed E-state index contributed by atoms with van der Waals surface area (Å²) in [5.74, 6) is 0.507. The highest BCUT2D eigenvalue weighted by molar-refractivity contribution is 5.82. The lowest BCUT2D eigenvalue weighted by Crippen LogP contribution is -2.54. The van der Waals surface area contributed by atoms with Crippen molar-refractivity contribution in [2.45, 2.75) is 45.3 Å². The van der Waals surface area contributed by atoms with Crippen LogP contribution in [-0.2, 0) is 10.3 Å². The van der Waals surface area contributed by atoms with E-state index in [1.54, 1.807) is 18.2 Å². The van der Waals surface area contributed by atoms with E-state index in [9.17, 15) is 9.90 Å². The number of aliphatic carboxylic acids is 1. The van der Waals surface area contributed by atoms with Crippen LogP contribution in [0.3, 0.4) is 0 Å². The molecule has 116 valence electrons. The Labute approximate surface area is 125 Å². The number of benzene rings is 1. The number of hydrogen-bond donors (Lipinski definition) is 2. The van der Waals surface area contributed by atoms with E-state index >= 15 is 0 Å². The number of carboxylic acid groups (broad SMARTS) is 1. The first-order valence-corrected chi connectivity index (χ1v) is 7.13. The van der Waals surface area contributed by atoms with Crippen molar-refractivity contribution in [1.82, 2.24) is 0 Å². The fourth-order valence-corrected chi connectivity index (χ4v) is 2.60. The molecule has 0 radical (unpaired) electrons. The number of rotatable bonds is 4. The minimum absolute atomic E-state index is 0.217. The van der Waals surface area contributed by atoms with Gasteiger partial charge in [0.2, 0.25) is 0 Å². The summed E-state index contributed by atoms with van der Waals surface area (Å²) in [5.41, 5.74) is 4.55. The lowest BCUT2D eigenvalue weighted by Gasteiger charge is -2.41. The molecule has 0 spiro atoms. The van der Waals surface area contributed by atoms with Crippen LogP contribution < -0.4 is 15.2 Å². The lowest BCUT2D eigenvalue weighted by molar-refractivity contribution is -0.147. The van der Waals surface area contributed by atoms with Gasteiger partial charge < -0.3 is 20.3 Å². The first kappa shape index (κ1) is 15.6. The second-order valence-corrected chi connectivity index (χ2v) is 6.68. The third-order valence-electron chi connectivity index (χ3n) is 3.49. The second kappa shape index (κ2) is 5.22.